The number of methoxy groups -OCH3 is 1. The third-order valence-electron chi connectivity index (χ3n) is 6.02. The van der Waals surface area contributed by atoms with Crippen molar-refractivity contribution in [2.75, 3.05) is 13.7 Å². The van der Waals surface area contributed by atoms with E-state index < -0.39 is 0 Å². The van der Waals surface area contributed by atoms with E-state index in [9.17, 15) is 4.79 Å². The molecule has 0 radical (unpaired) electrons. The fourth-order valence-electron chi connectivity index (χ4n) is 4.26. The number of imidazole rings is 1. The Kier molecular flexibility index (Phi) is 6.30. The first-order chi connectivity index (χ1) is 17.1. The summed E-state index contributed by atoms with van der Waals surface area (Å²) in [4.78, 5) is 17.9. The van der Waals surface area contributed by atoms with E-state index in [-0.39, 0.29) is 5.91 Å². The Bertz CT molecular complexity index is 1450. The lowest BCUT2D eigenvalue weighted by molar-refractivity contribution is 0.0953. The highest BCUT2D eigenvalue weighted by molar-refractivity contribution is 5.99. The monoisotopic (exact) mass is 465 g/mol. The van der Waals surface area contributed by atoms with Gasteiger partial charge in [-0.3, -0.25) is 9.48 Å². The fraction of sp³-hybridized carbons (Fsp3) is 0.179. The molecule has 5 rings (SSSR count). The molecule has 0 atom stereocenters. The van der Waals surface area contributed by atoms with E-state index in [1.54, 1.807) is 7.11 Å². The van der Waals surface area contributed by atoms with Gasteiger partial charge in [-0.05, 0) is 48.9 Å². The zero-order valence-corrected chi connectivity index (χ0v) is 19.8. The molecule has 7 heteroatoms. The number of nitrogens with zero attached hydrogens (tertiary/aromatic N) is 4. The molecule has 0 spiro atoms. The molecule has 176 valence electrons. The number of carbonyl (C=O) groups is 1. The molecule has 0 bridgehead atoms. The van der Waals surface area contributed by atoms with Gasteiger partial charge in [0.2, 0.25) is 0 Å². The number of aromatic nitrogens is 4. The van der Waals surface area contributed by atoms with Crippen molar-refractivity contribution in [1.29, 1.82) is 0 Å². The summed E-state index contributed by atoms with van der Waals surface area (Å²) in [6.07, 6.45) is 1.82. The first-order valence-electron chi connectivity index (χ1n) is 11.6. The summed E-state index contributed by atoms with van der Waals surface area (Å²) in [5.74, 6) is 1.53. The van der Waals surface area contributed by atoms with Crippen LogP contribution >= 0.6 is 0 Å². The third-order valence-corrected chi connectivity index (χ3v) is 6.02. The minimum Gasteiger partial charge on any atom is -0.497 e. The summed E-state index contributed by atoms with van der Waals surface area (Å²) in [7, 11) is 1.63. The van der Waals surface area contributed by atoms with Gasteiger partial charge in [-0.1, -0.05) is 42.5 Å². The third kappa shape index (κ3) is 4.80. The van der Waals surface area contributed by atoms with E-state index in [1.165, 1.54) is 0 Å². The van der Waals surface area contributed by atoms with Crippen LogP contribution in [0.15, 0.2) is 85.1 Å². The van der Waals surface area contributed by atoms with Crippen LogP contribution in [0.3, 0.4) is 0 Å². The van der Waals surface area contributed by atoms with Gasteiger partial charge in [-0.15, -0.1) is 0 Å². The topological polar surface area (TPSA) is 74.0 Å². The molecule has 0 saturated carbocycles. The quantitative estimate of drug-likeness (QED) is 0.361. The molecule has 0 saturated heterocycles. The van der Waals surface area contributed by atoms with Crippen LogP contribution in [0, 0.1) is 6.92 Å². The first kappa shape index (κ1) is 22.4. The molecule has 0 aliphatic rings. The van der Waals surface area contributed by atoms with E-state index in [0.29, 0.717) is 30.9 Å². The molecule has 7 nitrogen and oxygen atoms in total. The van der Waals surface area contributed by atoms with Crippen molar-refractivity contribution in [3.63, 3.8) is 0 Å². The van der Waals surface area contributed by atoms with Crippen LogP contribution in [0.2, 0.25) is 0 Å². The van der Waals surface area contributed by atoms with Gasteiger partial charge in [-0.25, -0.2) is 4.98 Å². The first-order valence-corrected chi connectivity index (χ1v) is 11.6. The summed E-state index contributed by atoms with van der Waals surface area (Å²) >= 11 is 0. The Morgan fingerprint density at radius 1 is 0.971 bits per heavy atom. The highest BCUT2D eigenvalue weighted by Crippen LogP contribution is 2.25. The summed E-state index contributed by atoms with van der Waals surface area (Å²) in [6.45, 7) is 3.68. The van der Waals surface area contributed by atoms with Crippen molar-refractivity contribution in [3.05, 3.63) is 102 Å². The number of hydrogen-bond donors (Lipinski definition) is 1. The maximum absolute atomic E-state index is 13.3. The molecular formula is C28H27N5O2. The minimum atomic E-state index is -0.155. The zero-order chi connectivity index (χ0) is 24.2. The lowest BCUT2D eigenvalue weighted by Gasteiger charge is -2.09. The van der Waals surface area contributed by atoms with Crippen molar-refractivity contribution in [3.8, 4) is 17.0 Å². The van der Waals surface area contributed by atoms with Crippen LogP contribution in [0.1, 0.15) is 21.7 Å². The van der Waals surface area contributed by atoms with Gasteiger partial charge in [0.25, 0.3) is 5.91 Å². The van der Waals surface area contributed by atoms with Gasteiger partial charge in [-0.2, -0.15) is 5.10 Å². The average Bonchev–Trinajstić information content (AvgIpc) is 3.45. The van der Waals surface area contributed by atoms with Crippen molar-refractivity contribution in [1.82, 2.24) is 24.6 Å². The van der Waals surface area contributed by atoms with Crippen LogP contribution in [0.5, 0.6) is 5.75 Å². The summed E-state index contributed by atoms with van der Waals surface area (Å²) in [5, 5.41) is 7.84. The van der Waals surface area contributed by atoms with Gasteiger partial charge in [0, 0.05) is 24.8 Å². The Hall–Kier alpha value is -4.39. The van der Waals surface area contributed by atoms with E-state index in [4.69, 9.17) is 9.84 Å². The van der Waals surface area contributed by atoms with Gasteiger partial charge >= 0.3 is 0 Å². The van der Waals surface area contributed by atoms with Crippen molar-refractivity contribution in [2.45, 2.75) is 20.0 Å². The second kappa shape index (κ2) is 9.85. The number of aryl methyl sites for hydroxylation is 1. The molecule has 1 N–H and O–H groups in total. The number of carbonyl (C=O) groups excluding carboxylic acids is 1. The predicted octanol–water partition coefficient (Wildman–Crippen LogP) is 4.70. The van der Waals surface area contributed by atoms with Gasteiger partial charge < -0.3 is 14.6 Å². The highest BCUT2D eigenvalue weighted by atomic mass is 16.5. The normalized spacial score (nSPS) is 11.0. The van der Waals surface area contributed by atoms with Crippen molar-refractivity contribution in [2.24, 2.45) is 0 Å². The number of fused-ring (bicyclic) bond motifs is 1. The molecule has 0 unspecified atom stereocenters. The number of benzene rings is 3. The number of rotatable bonds is 8. The zero-order valence-electron chi connectivity index (χ0n) is 19.8. The van der Waals surface area contributed by atoms with Crippen molar-refractivity contribution < 1.29 is 9.53 Å². The molecule has 0 aliphatic carbocycles. The minimum absolute atomic E-state index is 0.155. The SMILES string of the molecule is COc1ccc(-c2nn(Cc3ccccc3)cc2C(=O)NCCn2c(C)nc3ccccc32)cc1. The lowest BCUT2D eigenvalue weighted by Crippen LogP contribution is -2.27. The lowest BCUT2D eigenvalue weighted by atomic mass is 10.1. The summed E-state index contributed by atoms with van der Waals surface area (Å²) < 4.78 is 9.22. The molecule has 3 aromatic carbocycles. The van der Waals surface area contributed by atoms with E-state index in [0.717, 1.165) is 33.7 Å². The predicted molar refractivity (Wildman–Crippen MR) is 137 cm³/mol. The smallest absolute Gasteiger partial charge is 0.255 e. The van der Waals surface area contributed by atoms with Crippen LogP contribution in [0.25, 0.3) is 22.3 Å². The van der Waals surface area contributed by atoms with E-state index >= 15 is 0 Å². The number of para-hydroxylation sites is 2. The maximum Gasteiger partial charge on any atom is 0.255 e. The van der Waals surface area contributed by atoms with Gasteiger partial charge in [0.1, 0.15) is 17.3 Å². The Balaban J connectivity index is 1.38. The molecule has 2 heterocycles. The standard InChI is InChI=1S/C28H27N5O2/c1-20-30-25-10-6-7-11-26(25)33(20)17-16-29-28(34)24-19-32(18-21-8-4-3-5-9-21)31-27(24)22-12-14-23(35-2)15-13-22/h3-15,19H,16-18H2,1-2H3,(H,29,34). The van der Waals surface area contributed by atoms with E-state index in [1.807, 2.05) is 96.7 Å². The Morgan fingerprint density at radius 2 is 1.71 bits per heavy atom. The number of hydrogen-bond acceptors (Lipinski definition) is 4. The second-order valence-corrected chi connectivity index (χ2v) is 8.36. The average molecular weight is 466 g/mol. The van der Waals surface area contributed by atoms with Crippen LogP contribution in [-0.4, -0.2) is 38.9 Å². The summed E-state index contributed by atoms with van der Waals surface area (Å²) in [5.41, 5.74) is 5.18. The highest BCUT2D eigenvalue weighted by Gasteiger charge is 2.18. The van der Waals surface area contributed by atoms with Gasteiger partial charge in [0.05, 0.1) is 30.3 Å². The van der Waals surface area contributed by atoms with Crippen LogP contribution in [-0.2, 0) is 13.1 Å². The molecule has 0 fully saturated rings. The largest absolute Gasteiger partial charge is 0.497 e. The molecule has 35 heavy (non-hydrogen) atoms. The van der Waals surface area contributed by atoms with Crippen LogP contribution in [0.4, 0.5) is 0 Å². The Labute approximate surface area is 204 Å². The van der Waals surface area contributed by atoms with Gasteiger partial charge in [0.15, 0.2) is 0 Å². The number of ether oxygens (including phenoxy) is 1. The van der Waals surface area contributed by atoms with Crippen LogP contribution < -0.4 is 10.1 Å². The number of amides is 1. The molecule has 1 amide bonds. The van der Waals surface area contributed by atoms with Crippen molar-refractivity contribution >= 4 is 16.9 Å². The Morgan fingerprint density at radius 3 is 2.49 bits per heavy atom. The van der Waals surface area contributed by atoms with E-state index in [2.05, 4.69) is 14.9 Å². The fourth-order valence-corrected chi connectivity index (χ4v) is 4.26. The molecule has 0 aliphatic heterocycles. The second-order valence-electron chi connectivity index (χ2n) is 8.36. The molecular weight excluding hydrogens is 438 g/mol. The summed E-state index contributed by atoms with van der Waals surface area (Å²) in [6, 6.07) is 25.7. The molecule has 5 aromatic rings. The molecule has 2 aromatic heterocycles. The maximum atomic E-state index is 13.3. The number of nitrogens with one attached hydrogen (secondary N) is 1.